The van der Waals surface area contributed by atoms with Crippen LogP contribution in [0.3, 0.4) is 0 Å². The van der Waals surface area contributed by atoms with Crippen LogP contribution in [0, 0.1) is 23.7 Å². The highest BCUT2D eigenvalue weighted by Gasteiger charge is 2.50. The average molecular weight is 262 g/mol. The SMILES string of the molecule is Nc1onc(C(=O)O)c1C1C2CC3CC(C2)CC1C3. The molecule has 5 rings (SSSR count). The van der Waals surface area contributed by atoms with Crippen molar-refractivity contribution in [3.63, 3.8) is 0 Å². The number of anilines is 1. The topological polar surface area (TPSA) is 89.4 Å². The Bertz CT molecular complexity index is 509. The Kier molecular flexibility index (Phi) is 2.23. The maximum Gasteiger partial charge on any atom is 0.358 e. The van der Waals surface area contributed by atoms with Crippen molar-refractivity contribution in [1.82, 2.24) is 5.16 Å². The molecule has 4 fully saturated rings. The minimum atomic E-state index is -1.02. The van der Waals surface area contributed by atoms with Crippen molar-refractivity contribution in [3.05, 3.63) is 11.3 Å². The van der Waals surface area contributed by atoms with E-state index in [1.54, 1.807) is 0 Å². The lowest BCUT2D eigenvalue weighted by atomic mass is 9.50. The van der Waals surface area contributed by atoms with Crippen LogP contribution < -0.4 is 5.73 Å². The van der Waals surface area contributed by atoms with Crippen molar-refractivity contribution in [3.8, 4) is 0 Å². The molecular formula is C14H18N2O3. The number of carboxylic acids is 1. The number of aromatic nitrogens is 1. The zero-order valence-corrected chi connectivity index (χ0v) is 10.7. The molecule has 0 radical (unpaired) electrons. The number of carboxylic acid groups (broad SMARTS) is 1. The molecular weight excluding hydrogens is 244 g/mol. The molecule has 1 aromatic heterocycles. The van der Waals surface area contributed by atoms with Crippen molar-refractivity contribution in [2.24, 2.45) is 23.7 Å². The van der Waals surface area contributed by atoms with E-state index in [1.165, 1.54) is 32.1 Å². The molecule has 5 heteroatoms. The largest absolute Gasteiger partial charge is 0.476 e. The van der Waals surface area contributed by atoms with Gasteiger partial charge < -0.3 is 15.4 Å². The summed E-state index contributed by atoms with van der Waals surface area (Å²) in [6.45, 7) is 0. The summed E-state index contributed by atoms with van der Waals surface area (Å²) in [6.07, 6.45) is 6.27. The molecule has 0 amide bonds. The maximum absolute atomic E-state index is 11.3. The van der Waals surface area contributed by atoms with Gasteiger partial charge in [-0.2, -0.15) is 0 Å². The van der Waals surface area contributed by atoms with Gasteiger partial charge in [0.05, 0.1) is 5.56 Å². The monoisotopic (exact) mass is 262 g/mol. The van der Waals surface area contributed by atoms with Gasteiger partial charge in [0.2, 0.25) is 5.88 Å². The fraction of sp³-hybridized carbons (Fsp3) is 0.714. The van der Waals surface area contributed by atoms with Crippen LogP contribution >= 0.6 is 0 Å². The van der Waals surface area contributed by atoms with Gasteiger partial charge in [0.25, 0.3) is 0 Å². The van der Waals surface area contributed by atoms with E-state index in [1.807, 2.05) is 0 Å². The third-order valence-corrected chi connectivity index (χ3v) is 5.52. The third-order valence-electron chi connectivity index (χ3n) is 5.52. The minimum Gasteiger partial charge on any atom is -0.476 e. The van der Waals surface area contributed by atoms with Crippen LogP contribution in [0.5, 0.6) is 0 Å². The molecule has 1 heterocycles. The standard InChI is InChI=1S/C14H18N2O3/c15-13-11(12(14(17)18)16-19-13)10-8-2-6-1-7(4-8)5-9(10)3-6/h6-10H,1-5,15H2,(H,17,18). The molecule has 4 saturated carbocycles. The molecule has 0 spiro atoms. The summed E-state index contributed by atoms with van der Waals surface area (Å²) in [5, 5.41) is 12.9. The minimum absolute atomic E-state index is 0.0370. The number of nitrogens with two attached hydrogens (primary N) is 1. The lowest BCUT2D eigenvalue weighted by Crippen LogP contribution is -2.44. The first-order valence-corrected chi connectivity index (χ1v) is 7.11. The van der Waals surface area contributed by atoms with Crippen LogP contribution in [0.15, 0.2) is 4.52 Å². The lowest BCUT2D eigenvalue weighted by Gasteiger charge is -2.54. The van der Waals surface area contributed by atoms with E-state index < -0.39 is 5.97 Å². The van der Waals surface area contributed by atoms with Crippen molar-refractivity contribution >= 4 is 11.9 Å². The van der Waals surface area contributed by atoms with Crippen LogP contribution in [-0.4, -0.2) is 16.2 Å². The first kappa shape index (κ1) is 11.3. The van der Waals surface area contributed by atoms with Gasteiger partial charge in [0.15, 0.2) is 5.69 Å². The molecule has 3 N–H and O–H groups in total. The summed E-state index contributed by atoms with van der Waals surface area (Å²) in [4.78, 5) is 11.3. The van der Waals surface area contributed by atoms with Crippen molar-refractivity contribution < 1.29 is 14.4 Å². The van der Waals surface area contributed by atoms with Gasteiger partial charge in [0.1, 0.15) is 0 Å². The molecule has 19 heavy (non-hydrogen) atoms. The Morgan fingerprint density at radius 1 is 1.16 bits per heavy atom. The zero-order valence-electron chi connectivity index (χ0n) is 10.7. The summed E-state index contributed by atoms with van der Waals surface area (Å²) in [5.41, 5.74) is 6.59. The highest BCUT2D eigenvalue weighted by molar-refractivity contribution is 5.88. The summed E-state index contributed by atoms with van der Waals surface area (Å²) < 4.78 is 4.96. The second-order valence-electron chi connectivity index (χ2n) is 6.57. The zero-order chi connectivity index (χ0) is 13.1. The Balaban J connectivity index is 1.77. The normalized spacial score (nSPS) is 39.7. The van der Waals surface area contributed by atoms with Gasteiger partial charge in [-0.25, -0.2) is 4.79 Å². The highest BCUT2D eigenvalue weighted by Crippen LogP contribution is 2.60. The fourth-order valence-corrected chi connectivity index (χ4v) is 5.18. The highest BCUT2D eigenvalue weighted by atomic mass is 16.5. The van der Waals surface area contributed by atoms with Crippen LogP contribution in [0.4, 0.5) is 5.88 Å². The van der Waals surface area contributed by atoms with E-state index in [9.17, 15) is 9.90 Å². The van der Waals surface area contributed by atoms with Crippen LogP contribution in [0.1, 0.15) is 54.1 Å². The summed E-state index contributed by atoms with van der Waals surface area (Å²) in [7, 11) is 0. The van der Waals surface area contributed by atoms with Crippen LogP contribution in [0.2, 0.25) is 0 Å². The third kappa shape index (κ3) is 1.53. The second-order valence-corrected chi connectivity index (χ2v) is 6.57. The average Bonchev–Trinajstić information content (AvgIpc) is 2.70. The molecule has 0 aromatic carbocycles. The Morgan fingerprint density at radius 3 is 2.26 bits per heavy atom. The number of carbonyl (C=O) groups is 1. The predicted molar refractivity (Wildman–Crippen MR) is 67.7 cm³/mol. The summed E-state index contributed by atoms with van der Waals surface area (Å²) in [6, 6.07) is 0. The van der Waals surface area contributed by atoms with E-state index in [0.717, 1.165) is 11.8 Å². The van der Waals surface area contributed by atoms with Crippen molar-refractivity contribution in [2.75, 3.05) is 5.73 Å². The number of nitrogen functional groups attached to an aromatic ring is 1. The summed E-state index contributed by atoms with van der Waals surface area (Å²) in [5.74, 6) is 2.32. The Hall–Kier alpha value is -1.52. The van der Waals surface area contributed by atoms with Gasteiger partial charge in [-0.15, -0.1) is 0 Å². The lowest BCUT2D eigenvalue weighted by molar-refractivity contribution is -0.00301. The van der Waals surface area contributed by atoms with E-state index in [-0.39, 0.29) is 17.5 Å². The second kappa shape index (κ2) is 3.74. The molecule has 1 aromatic rings. The van der Waals surface area contributed by atoms with Gasteiger partial charge in [-0.3, -0.25) is 0 Å². The fourth-order valence-electron chi connectivity index (χ4n) is 5.18. The maximum atomic E-state index is 11.3. The van der Waals surface area contributed by atoms with E-state index in [4.69, 9.17) is 10.3 Å². The molecule has 4 bridgehead atoms. The van der Waals surface area contributed by atoms with Gasteiger partial charge in [-0.1, -0.05) is 5.16 Å². The molecule has 4 aliphatic rings. The van der Waals surface area contributed by atoms with E-state index in [0.29, 0.717) is 17.4 Å². The van der Waals surface area contributed by atoms with Gasteiger partial charge >= 0.3 is 5.97 Å². The number of nitrogens with zero attached hydrogens (tertiary/aromatic N) is 1. The molecule has 102 valence electrons. The van der Waals surface area contributed by atoms with Gasteiger partial charge in [0, 0.05) is 0 Å². The van der Waals surface area contributed by atoms with Crippen LogP contribution in [-0.2, 0) is 0 Å². The quantitative estimate of drug-likeness (QED) is 0.854. The molecule has 0 unspecified atom stereocenters. The number of aromatic carboxylic acids is 1. The predicted octanol–water partition coefficient (Wildman–Crippen LogP) is 2.49. The number of rotatable bonds is 2. The number of hydrogen-bond donors (Lipinski definition) is 2. The Labute approximate surface area is 111 Å². The van der Waals surface area contributed by atoms with Crippen LogP contribution in [0.25, 0.3) is 0 Å². The van der Waals surface area contributed by atoms with Gasteiger partial charge in [-0.05, 0) is 61.7 Å². The molecule has 0 aliphatic heterocycles. The van der Waals surface area contributed by atoms with Crippen molar-refractivity contribution in [1.29, 1.82) is 0 Å². The smallest absolute Gasteiger partial charge is 0.358 e. The van der Waals surface area contributed by atoms with E-state index in [2.05, 4.69) is 5.16 Å². The molecule has 0 atom stereocenters. The molecule has 0 saturated heterocycles. The molecule has 5 nitrogen and oxygen atoms in total. The molecule has 4 aliphatic carbocycles. The van der Waals surface area contributed by atoms with E-state index >= 15 is 0 Å². The number of hydrogen-bond acceptors (Lipinski definition) is 4. The first-order chi connectivity index (χ1) is 9.13. The first-order valence-electron chi connectivity index (χ1n) is 7.11. The summed E-state index contributed by atoms with van der Waals surface area (Å²) >= 11 is 0. The van der Waals surface area contributed by atoms with Crippen molar-refractivity contribution in [2.45, 2.75) is 38.0 Å². The Morgan fingerprint density at radius 2 is 1.74 bits per heavy atom.